The number of carbonyl (C=O) groups is 2. The largest absolute Gasteiger partial charge is 0.441 e. The molecule has 3 amide bonds. The average molecular weight is 369 g/mol. The number of hydrogen-bond donors (Lipinski definition) is 3. The number of amides is 3. The maximum atomic E-state index is 12.6. The number of alkyl carbamates (subject to hydrolysis) is 1. The zero-order chi connectivity index (χ0) is 18.7. The number of carbonyl (C=O) groups excluding carboxylic acids is 2. The molecule has 0 saturated carbocycles. The number of hydrogen-bond acceptors (Lipinski definition) is 4. The normalized spacial score (nSPS) is 22.2. The number of ether oxygens (including phenoxy) is 1. The summed E-state index contributed by atoms with van der Waals surface area (Å²) < 4.78 is 5.46. The molecule has 0 radical (unpaired) electrons. The number of rotatable bonds is 3. The van der Waals surface area contributed by atoms with Gasteiger partial charge in [0.15, 0.2) is 0 Å². The first kappa shape index (κ1) is 17.4. The van der Waals surface area contributed by atoms with Gasteiger partial charge in [0.25, 0.3) is 0 Å². The second-order valence-corrected chi connectivity index (χ2v) is 7.06. The molecule has 1 aromatic carbocycles. The van der Waals surface area contributed by atoms with Crippen LogP contribution in [0.15, 0.2) is 36.5 Å². The highest BCUT2D eigenvalue weighted by molar-refractivity contribution is 5.75. The number of H-pyrrole nitrogens is 1. The van der Waals surface area contributed by atoms with E-state index in [4.69, 9.17) is 4.74 Å². The van der Waals surface area contributed by atoms with Crippen LogP contribution in [-0.4, -0.2) is 52.5 Å². The van der Waals surface area contributed by atoms with Crippen molar-refractivity contribution in [3.05, 3.63) is 42.1 Å². The number of aromatic amines is 1. The molecule has 27 heavy (non-hydrogen) atoms. The number of likely N-dealkylation sites (tertiary alicyclic amines) is 1. The van der Waals surface area contributed by atoms with E-state index in [9.17, 15) is 9.59 Å². The molecule has 4 rings (SSSR count). The molecule has 1 unspecified atom stereocenters. The molecule has 1 aromatic heterocycles. The van der Waals surface area contributed by atoms with E-state index in [1.165, 1.54) is 0 Å². The molecule has 1 atom stereocenters. The van der Waals surface area contributed by atoms with Crippen LogP contribution in [0.4, 0.5) is 9.59 Å². The maximum absolute atomic E-state index is 12.6. The third-order valence-electron chi connectivity index (χ3n) is 5.26. The molecule has 2 aliphatic rings. The summed E-state index contributed by atoms with van der Waals surface area (Å²) in [7, 11) is 0. The Morgan fingerprint density at radius 3 is 2.89 bits per heavy atom. The Hall–Kier alpha value is -3.03. The Morgan fingerprint density at radius 1 is 1.26 bits per heavy atom. The fraction of sp³-hybridized carbons (Fsp3) is 0.421. The zero-order valence-corrected chi connectivity index (χ0v) is 15.0. The van der Waals surface area contributed by atoms with E-state index in [0.717, 1.165) is 29.7 Å². The summed E-state index contributed by atoms with van der Waals surface area (Å²) in [4.78, 5) is 25.8. The molecule has 3 heterocycles. The van der Waals surface area contributed by atoms with Crippen LogP contribution in [0.3, 0.4) is 0 Å². The third kappa shape index (κ3) is 3.74. The Balaban J connectivity index is 1.35. The van der Waals surface area contributed by atoms with E-state index >= 15 is 0 Å². The number of urea groups is 1. The van der Waals surface area contributed by atoms with Crippen LogP contribution < -0.4 is 10.6 Å². The van der Waals surface area contributed by atoms with Gasteiger partial charge in [-0.15, -0.1) is 0 Å². The summed E-state index contributed by atoms with van der Waals surface area (Å²) in [6.45, 7) is 2.15. The highest BCUT2D eigenvalue weighted by atomic mass is 16.6. The number of nitrogens with zero attached hydrogens (tertiary/aromatic N) is 2. The summed E-state index contributed by atoms with van der Waals surface area (Å²) in [5.41, 5.74) is 2.42. The van der Waals surface area contributed by atoms with Gasteiger partial charge in [0.05, 0.1) is 18.4 Å². The van der Waals surface area contributed by atoms with Crippen LogP contribution in [0, 0.1) is 0 Å². The molecule has 1 spiro atoms. The van der Waals surface area contributed by atoms with Crippen molar-refractivity contribution in [2.24, 2.45) is 0 Å². The number of aromatic nitrogens is 2. The van der Waals surface area contributed by atoms with Crippen LogP contribution in [0.25, 0.3) is 11.3 Å². The summed E-state index contributed by atoms with van der Waals surface area (Å²) in [6, 6.07) is 9.80. The molecule has 3 N–H and O–H groups in total. The Bertz CT molecular complexity index is 822. The molecule has 0 bridgehead atoms. The van der Waals surface area contributed by atoms with Gasteiger partial charge in [0.2, 0.25) is 0 Å². The smallest absolute Gasteiger partial charge is 0.407 e. The second kappa shape index (κ2) is 7.30. The van der Waals surface area contributed by atoms with Gasteiger partial charge in [-0.3, -0.25) is 5.10 Å². The van der Waals surface area contributed by atoms with E-state index in [1.54, 1.807) is 11.1 Å². The quantitative estimate of drug-likeness (QED) is 0.773. The van der Waals surface area contributed by atoms with Crippen LogP contribution in [0.5, 0.6) is 0 Å². The maximum Gasteiger partial charge on any atom is 0.407 e. The van der Waals surface area contributed by atoms with Crippen molar-refractivity contribution in [2.45, 2.75) is 31.4 Å². The fourth-order valence-corrected chi connectivity index (χ4v) is 3.73. The van der Waals surface area contributed by atoms with Crippen LogP contribution in [0.2, 0.25) is 0 Å². The van der Waals surface area contributed by atoms with Crippen LogP contribution >= 0.6 is 0 Å². The number of nitrogens with one attached hydrogen (secondary N) is 3. The lowest BCUT2D eigenvalue weighted by molar-refractivity contribution is 0.0453. The summed E-state index contributed by atoms with van der Waals surface area (Å²) in [5.74, 6) is 0. The molecular formula is C19H23N5O3. The topological polar surface area (TPSA) is 99.4 Å². The molecule has 0 aliphatic carbocycles. The monoisotopic (exact) mass is 369 g/mol. The molecule has 2 aliphatic heterocycles. The van der Waals surface area contributed by atoms with Crippen molar-refractivity contribution in [1.29, 1.82) is 0 Å². The van der Waals surface area contributed by atoms with Crippen molar-refractivity contribution in [3.8, 4) is 11.3 Å². The highest BCUT2D eigenvalue weighted by Crippen LogP contribution is 2.29. The first-order valence-electron chi connectivity index (χ1n) is 9.23. The van der Waals surface area contributed by atoms with Gasteiger partial charge >= 0.3 is 12.1 Å². The molecule has 2 fully saturated rings. The Kier molecular flexibility index (Phi) is 4.70. The molecular weight excluding hydrogens is 346 g/mol. The predicted octanol–water partition coefficient (Wildman–Crippen LogP) is 2.25. The summed E-state index contributed by atoms with van der Waals surface area (Å²) in [6.07, 6.45) is 3.61. The molecule has 2 saturated heterocycles. The SMILES string of the molecule is O=C1NCC2(CCCN(C(=O)NCc3cn[nH]c3-c3ccccc3)CC2)O1. The summed E-state index contributed by atoms with van der Waals surface area (Å²) in [5, 5.41) is 12.8. The van der Waals surface area contributed by atoms with Gasteiger partial charge in [0.1, 0.15) is 5.60 Å². The van der Waals surface area contributed by atoms with Gasteiger partial charge in [-0.05, 0) is 18.4 Å². The van der Waals surface area contributed by atoms with E-state index in [0.29, 0.717) is 32.6 Å². The van der Waals surface area contributed by atoms with Gasteiger partial charge in [-0.25, -0.2) is 9.59 Å². The van der Waals surface area contributed by atoms with E-state index < -0.39 is 5.60 Å². The first-order valence-corrected chi connectivity index (χ1v) is 9.23. The predicted molar refractivity (Wildman–Crippen MR) is 98.9 cm³/mol. The van der Waals surface area contributed by atoms with Crippen molar-refractivity contribution in [3.63, 3.8) is 0 Å². The van der Waals surface area contributed by atoms with Gasteiger partial charge in [0, 0.05) is 31.6 Å². The third-order valence-corrected chi connectivity index (χ3v) is 5.26. The van der Waals surface area contributed by atoms with Crippen molar-refractivity contribution in [1.82, 2.24) is 25.7 Å². The van der Waals surface area contributed by atoms with Gasteiger partial charge < -0.3 is 20.3 Å². The number of benzene rings is 1. The van der Waals surface area contributed by atoms with E-state index in [2.05, 4.69) is 20.8 Å². The van der Waals surface area contributed by atoms with Gasteiger partial charge in [-0.1, -0.05) is 30.3 Å². The molecule has 8 heteroatoms. The van der Waals surface area contributed by atoms with E-state index in [1.807, 2.05) is 30.3 Å². The van der Waals surface area contributed by atoms with Crippen molar-refractivity contribution in [2.75, 3.05) is 19.6 Å². The lowest BCUT2D eigenvalue weighted by atomic mass is 9.95. The fourth-order valence-electron chi connectivity index (χ4n) is 3.73. The minimum atomic E-state index is -0.461. The lowest BCUT2D eigenvalue weighted by Crippen LogP contribution is -2.41. The lowest BCUT2D eigenvalue weighted by Gasteiger charge is -2.25. The van der Waals surface area contributed by atoms with Gasteiger partial charge in [-0.2, -0.15) is 5.10 Å². The molecule has 8 nitrogen and oxygen atoms in total. The molecule has 142 valence electrons. The average Bonchev–Trinajstić information content (AvgIpc) is 3.24. The standard InChI is InChI=1S/C19H23N5O3/c25-17(24-9-4-7-19(8-10-24)13-21-18(26)27-19)20-11-15-12-22-23-16(15)14-5-2-1-3-6-14/h1-3,5-6,12H,4,7-11,13H2,(H,20,25)(H,21,26)(H,22,23). The highest BCUT2D eigenvalue weighted by Gasteiger charge is 2.41. The molecule has 2 aromatic rings. The van der Waals surface area contributed by atoms with Crippen molar-refractivity contribution < 1.29 is 14.3 Å². The summed E-state index contributed by atoms with van der Waals surface area (Å²) >= 11 is 0. The second-order valence-electron chi connectivity index (χ2n) is 7.06. The Labute approximate surface area is 157 Å². The van der Waals surface area contributed by atoms with Crippen LogP contribution in [-0.2, 0) is 11.3 Å². The van der Waals surface area contributed by atoms with E-state index in [-0.39, 0.29) is 12.1 Å². The first-order chi connectivity index (χ1) is 13.2. The van der Waals surface area contributed by atoms with Crippen molar-refractivity contribution >= 4 is 12.1 Å². The minimum absolute atomic E-state index is 0.107. The zero-order valence-electron chi connectivity index (χ0n) is 15.0. The van der Waals surface area contributed by atoms with Crippen LogP contribution in [0.1, 0.15) is 24.8 Å². The Morgan fingerprint density at radius 2 is 2.11 bits per heavy atom. The minimum Gasteiger partial charge on any atom is -0.441 e.